The zero-order valence-electron chi connectivity index (χ0n) is 13.6. The van der Waals surface area contributed by atoms with Crippen molar-refractivity contribution in [3.63, 3.8) is 0 Å². The number of nitrogens with one attached hydrogen (secondary N) is 2. The van der Waals surface area contributed by atoms with Crippen LogP contribution in [0.2, 0.25) is 0 Å². The lowest BCUT2D eigenvalue weighted by atomic mass is 9.97. The third-order valence-corrected chi connectivity index (χ3v) is 3.96. The van der Waals surface area contributed by atoms with Crippen LogP contribution in [0.15, 0.2) is 48.7 Å². The van der Waals surface area contributed by atoms with E-state index in [1.54, 1.807) is 13.3 Å². The first-order valence-electron chi connectivity index (χ1n) is 7.80. The van der Waals surface area contributed by atoms with Crippen LogP contribution in [-0.4, -0.2) is 23.8 Å². The average molecular weight is 329 g/mol. The lowest BCUT2D eigenvalue weighted by molar-refractivity contribution is 0.415. The highest BCUT2D eigenvalue weighted by Gasteiger charge is 2.10. The summed E-state index contributed by atoms with van der Waals surface area (Å²) in [7, 11) is 1.62. The number of nitrogens with zero attached hydrogens (tertiary/aromatic N) is 1. The monoisotopic (exact) mass is 329 g/mol. The topological polar surface area (TPSA) is 46.2 Å². The molecule has 1 aromatic heterocycles. The molecule has 0 amide bonds. The summed E-state index contributed by atoms with van der Waals surface area (Å²) < 4.78 is 5.26. The van der Waals surface area contributed by atoms with Gasteiger partial charge in [-0.25, -0.2) is 4.98 Å². The largest absolute Gasteiger partial charge is 0.493 e. The number of hydrogen-bond acceptors (Lipinski definition) is 3. The van der Waals surface area contributed by atoms with E-state index < -0.39 is 0 Å². The second kappa shape index (κ2) is 9.10. The smallest absolute Gasteiger partial charge is 0.174 e. The maximum Gasteiger partial charge on any atom is 0.174 e. The Morgan fingerprint density at radius 1 is 1.22 bits per heavy atom. The fraction of sp³-hybridized carbons (Fsp3) is 0.333. The van der Waals surface area contributed by atoms with Crippen molar-refractivity contribution in [2.45, 2.75) is 19.8 Å². The molecule has 0 saturated heterocycles. The third-order valence-electron chi connectivity index (χ3n) is 3.72. The lowest BCUT2D eigenvalue weighted by Crippen LogP contribution is -2.33. The van der Waals surface area contributed by atoms with Crippen molar-refractivity contribution in [3.05, 3.63) is 54.2 Å². The molecule has 0 radical (unpaired) electrons. The van der Waals surface area contributed by atoms with Crippen molar-refractivity contribution >= 4 is 23.1 Å². The van der Waals surface area contributed by atoms with Crippen molar-refractivity contribution in [1.82, 2.24) is 10.3 Å². The molecule has 0 spiro atoms. The standard InChI is InChI=1S/C18H23N3OS/c1-3-14(12-15-8-5-4-6-9-15)13-20-18(23)21-17-16(22-2)10-7-11-19-17/h4-11,14H,3,12-13H2,1-2H3,(H2,19,20,21,23)/t14-/m1/s1. The van der Waals surface area contributed by atoms with Gasteiger partial charge in [0.25, 0.3) is 0 Å². The fourth-order valence-corrected chi connectivity index (χ4v) is 2.53. The van der Waals surface area contributed by atoms with Gasteiger partial charge in [-0.3, -0.25) is 0 Å². The second-order valence-corrected chi connectivity index (χ2v) is 5.76. The first-order chi connectivity index (χ1) is 11.2. The van der Waals surface area contributed by atoms with Gasteiger partial charge < -0.3 is 15.4 Å². The molecule has 2 N–H and O–H groups in total. The van der Waals surface area contributed by atoms with Crippen LogP contribution in [0, 0.1) is 5.92 Å². The molecule has 2 rings (SSSR count). The number of methoxy groups -OCH3 is 1. The molecule has 1 atom stereocenters. The Morgan fingerprint density at radius 2 is 2.00 bits per heavy atom. The molecule has 2 aromatic rings. The number of pyridine rings is 1. The van der Waals surface area contributed by atoms with Gasteiger partial charge in [-0.15, -0.1) is 0 Å². The van der Waals surface area contributed by atoms with Crippen molar-refractivity contribution in [2.75, 3.05) is 19.0 Å². The van der Waals surface area contributed by atoms with Crippen molar-refractivity contribution < 1.29 is 4.74 Å². The molecule has 0 aliphatic carbocycles. The van der Waals surface area contributed by atoms with E-state index in [1.807, 2.05) is 18.2 Å². The fourth-order valence-electron chi connectivity index (χ4n) is 2.35. The average Bonchev–Trinajstić information content (AvgIpc) is 2.60. The Balaban J connectivity index is 1.85. The molecule has 0 fully saturated rings. The van der Waals surface area contributed by atoms with E-state index in [0.717, 1.165) is 19.4 Å². The SMILES string of the molecule is CC[C@@H](CNC(=S)Nc1ncccc1OC)Cc1ccccc1. The normalized spacial score (nSPS) is 11.6. The molecule has 5 heteroatoms. The van der Waals surface area contributed by atoms with Crippen molar-refractivity contribution in [3.8, 4) is 5.75 Å². The van der Waals surface area contributed by atoms with Gasteiger partial charge in [0.05, 0.1) is 7.11 Å². The number of rotatable bonds is 7. The highest BCUT2D eigenvalue weighted by molar-refractivity contribution is 7.80. The summed E-state index contributed by atoms with van der Waals surface area (Å²) in [5.41, 5.74) is 1.35. The molecule has 23 heavy (non-hydrogen) atoms. The summed E-state index contributed by atoms with van der Waals surface area (Å²) in [6, 6.07) is 14.2. The zero-order valence-corrected chi connectivity index (χ0v) is 14.4. The van der Waals surface area contributed by atoms with Gasteiger partial charge in [0.2, 0.25) is 0 Å². The van der Waals surface area contributed by atoms with E-state index in [4.69, 9.17) is 17.0 Å². The van der Waals surface area contributed by atoms with Gasteiger partial charge >= 0.3 is 0 Å². The molecule has 0 aliphatic heterocycles. The minimum atomic E-state index is 0.530. The van der Waals surface area contributed by atoms with Crippen LogP contribution < -0.4 is 15.4 Å². The Labute approximate surface area is 143 Å². The molecule has 0 saturated carbocycles. The highest BCUT2D eigenvalue weighted by atomic mass is 32.1. The van der Waals surface area contributed by atoms with E-state index in [2.05, 4.69) is 46.8 Å². The first-order valence-corrected chi connectivity index (χ1v) is 8.21. The van der Waals surface area contributed by atoms with Gasteiger partial charge in [0, 0.05) is 12.7 Å². The number of anilines is 1. The summed E-state index contributed by atoms with van der Waals surface area (Å²) in [5.74, 6) is 1.83. The molecule has 4 nitrogen and oxygen atoms in total. The maximum absolute atomic E-state index is 5.36. The van der Waals surface area contributed by atoms with Gasteiger partial charge in [0.15, 0.2) is 16.7 Å². The van der Waals surface area contributed by atoms with Crippen LogP contribution in [0.3, 0.4) is 0 Å². The molecule has 1 aromatic carbocycles. The molecular formula is C18H23N3OS. The third kappa shape index (κ3) is 5.53. The van der Waals surface area contributed by atoms with Crippen LogP contribution >= 0.6 is 12.2 Å². The highest BCUT2D eigenvalue weighted by Crippen LogP contribution is 2.19. The lowest BCUT2D eigenvalue weighted by Gasteiger charge is -2.18. The minimum absolute atomic E-state index is 0.530. The summed E-state index contributed by atoms with van der Waals surface area (Å²) in [4.78, 5) is 4.24. The van der Waals surface area contributed by atoms with Crippen molar-refractivity contribution in [1.29, 1.82) is 0 Å². The maximum atomic E-state index is 5.36. The van der Waals surface area contributed by atoms with E-state index in [1.165, 1.54) is 5.56 Å². The van der Waals surface area contributed by atoms with Gasteiger partial charge in [-0.1, -0.05) is 43.7 Å². The molecular weight excluding hydrogens is 306 g/mol. The Morgan fingerprint density at radius 3 is 2.70 bits per heavy atom. The first kappa shape index (κ1) is 17.2. The predicted molar refractivity (Wildman–Crippen MR) is 98.9 cm³/mol. The van der Waals surface area contributed by atoms with Crippen LogP contribution in [0.25, 0.3) is 0 Å². The molecule has 1 heterocycles. The number of ether oxygens (including phenoxy) is 1. The van der Waals surface area contributed by atoms with E-state index in [0.29, 0.717) is 22.6 Å². The van der Waals surface area contributed by atoms with E-state index >= 15 is 0 Å². The number of benzene rings is 1. The van der Waals surface area contributed by atoms with Gasteiger partial charge in [-0.2, -0.15) is 0 Å². The van der Waals surface area contributed by atoms with E-state index in [9.17, 15) is 0 Å². The molecule has 0 aliphatic rings. The summed E-state index contributed by atoms with van der Waals surface area (Å²) in [6.07, 6.45) is 3.84. The Kier molecular flexibility index (Phi) is 6.81. The number of thiocarbonyl (C=S) groups is 1. The van der Waals surface area contributed by atoms with Crippen molar-refractivity contribution in [2.24, 2.45) is 5.92 Å². The molecule has 0 unspecified atom stereocenters. The minimum Gasteiger partial charge on any atom is -0.493 e. The Hall–Kier alpha value is -2.14. The summed E-state index contributed by atoms with van der Waals surface area (Å²) in [5, 5.41) is 6.93. The quantitative estimate of drug-likeness (QED) is 0.759. The summed E-state index contributed by atoms with van der Waals surface area (Å²) >= 11 is 5.36. The Bertz CT molecular complexity index is 619. The number of aromatic nitrogens is 1. The van der Waals surface area contributed by atoms with Crippen LogP contribution in [0.5, 0.6) is 5.75 Å². The second-order valence-electron chi connectivity index (χ2n) is 5.35. The van der Waals surface area contributed by atoms with Gasteiger partial charge in [0.1, 0.15) is 0 Å². The molecule has 0 bridgehead atoms. The van der Waals surface area contributed by atoms with Crippen LogP contribution in [-0.2, 0) is 6.42 Å². The van der Waals surface area contributed by atoms with Crippen LogP contribution in [0.1, 0.15) is 18.9 Å². The van der Waals surface area contributed by atoms with Crippen LogP contribution in [0.4, 0.5) is 5.82 Å². The molecule has 122 valence electrons. The number of hydrogen-bond donors (Lipinski definition) is 2. The van der Waals surface area contributed by atoms with E-state index in [-0.39, 0.29) is 0 Å². The zero-order chi connectivity index (χ0) is 16.5. The van der Waals surface area contributed by atoms with Gasteiger partial charge in [-0.05, 0) is 42.3 Å². The predicted octanol–water partition coefficient (Wildman–Crippen LogP) is 3.65. The summed E-state index contributed by atoms with van der Waals surface area (Å²) in [6.45, 7) is 3.03.